The number of nitrogens with one attached hydrogen (secondary N) is 3. The van der Waals surface area contributed by atoms with Crippen LogP contribution in [0.4, 0.5) is 11.4 Å². The Morgan fingerprint density at radius 2 is 1.42 bits per heavy atom. The lowest BCUT2D eigenvalue weighted by Gasteiger charge is -2.12. The normalized spacial score (nSPS) is 10.9. The van der Waals surface area contributed by atoms with Crippen molar-refractivity contribution in [2.75, 3.05) is 23.0 Å². The molecule has 0 heterocycles. The summed E-state index contributed by atoms with van der Waals surface area (Å²) in [5.41, 5.74) is 2.79. The van der Waals surface area contributed by atoms with Crippen molar-refractivity contribution in [1.82, 2.24) is 5.32 Å². The summed E-state index contributed by atoms with van der Waals surface area (Å²) in [5, 5.41) is 8.37. The molecule has 0 aliphatic carbocycles. The lowest BCUT2D eigenvalue weighted by atomic mass is 10.1. The Labute approximate surface area is 274 Å². The highest BCUT2D eigenvalue weighted by Gasteiger charge is 2.15. The number of unbranched alkanes of at least 4 members (excludes halogenated alkanes) is 1. The van der Waals surface area contributed by atoms with Crippen molar-refractivity contribution in [2.24, 2.45) is 0 Å². The topological polar surface area (TPSA) is 114 Å². The molecule has 230 valence electrons. The van der Waals surface area contributed by atoms with E-state index in [-0.39, 0.29) is 23.3 Å². The quantitative estimate of drug-likeness (QED) is 0.0580. The van der Waals surface area contributed by atoms with Gasteiger partial charge in [0.05, 0.1) is 17.9 Å². The lowest BCUT2D eigenvalue weighted by molar-refractivity contribution is -0.114. The van der Waals surface area contributed by atoms with E-state index in [0.29, 0.717) is 29.1 Å². The summed E-state index contributed by atoms with van der Waals surface area (Å²) in [6, 6.07) is 29.6. The van der Waals surface area contributed by atoms with E-state index in [2.05, 4.69) is 31.9 Å². The third kappa shape index (κ3) is 10.8. The highest BCUT2D eigenvalue weighted by atomic mass is 79.9. The van der Waals surface area contributed by atoms with E-state index in [4.69, 9.17) is 4.74 Å². The summed E-state index contributed by atoms with van der Waals surface area (Å²) in [4.78, 5) is 51.5. The zero-order valence-corrected chi connectivity index (χ0v) is 27.0. The van der Waals surface area contributed by atoms with Crippen molar-refractivity contribution in [3.8, 4) is 0 Å². The number of thioether (sulfide) groups is 1. The van der Waals surface area contributed by atoms with Crippen LogP contribution in [0.2, 0.25) is 0 Å². The summed E-state index contributed by atoms with van der Waals surface area (Å²) >= 11 is 4.74. The number of halogens is 1. The summed E-state index contributed by atoms with van der Waals surface area (Å²) in [7, 11) is 0. The number of anilines is 2. The SMILES string of the molecule is CCCCOC(=O)c1ccc(NC(=O)CSc2ccc(NC(=O)/C(=C/c3ccc(Br)cc3)NC(=O)c3ccccc3)cc2)cc1. The molecule has 45 heavy (non-hydrogen) atoms. The molecule has 0 bridgehead atoms. The molecule has 0 atom stereocenters. The second-order valence-electron chi connectivity index (χ2n) is 9.81. The van der Waals surface area contributed by atoms with Crippen LogP contribution >= 0.6 is 27.7 Å². The Kier molecular flexibility index (Phi) is 12.5. The highest BCUT2D eigenvalue weighted by molar-refractivity contribution is 9.10. The first-order chi connectivity index (χ1) is 21.8. The van der Waals surface area contributed by atoms with Gasteiger partial charge in [0, 0.05) is 26.3 Å². The Morgan fingerprint density at radius 1 is 0.778 bits per heavy atom. The Balaban J connectivity index is 1.32. The average Bonchev–Trinajstić information content (AvgIpc) is 3.06. The van der Waals surface area contributed by atoms with Crippen LogP contribution in [-0.4, -0.2) is 36.1 Å². The van der Waals surface area contributed by atoms with Gasteiger partial charge in [0.2, 0.25) is 5.91 Å². The molecule has 0 saturated heterocycles. The average molecular weight is 687 g/mol. The van der Waals surface area contributed by atoms with E-state index in [1.807, 2.05) is 37.3 Å². The molecule has 4 aromatic rings. The molecule has 0 fully saturated rings. The minimum Gasteiger partial charge on any atom is -0.462 e. The maximum absolute atomic E-state index is 13.3. The van der Waals surface area contributed by atoms with Crippen molar-refractivity contribution < 1.29 is 23.9 Å². The summed E-state index contributed by atoms with van der Waals surface area (Å²) in [6.45, 7) is 2.41. The largest absolute Gasteiger partial charge is 0.462 e. The number of hydrogen-bond donors (Lipinski definition) is 3. The molecule has 0 aromatic heterocycles. The number of hydrogen-bond acceptors (Lipinski definition) is 6. The van der Waals surface area contributed by atoms with Gasteiger partial charge in [0.25, 0.3) is 11.8 Å². The number of amides is 3. The molecule has 0 unspecified atom stereocenters. The van der Waals surface area contributed by atoms with Crippen molar-refractivity contribution in [1.29, 1.82) is 0 Å². The molecule has 8 nitrogen and oxygen atoms in total. The van der Waals surface area contributed by atoms with E-state index in [1.54, 1.807) is 78.9 Å². The number of carbonyl (C=O) groups is 4. The monoisotopic (exact) mass is 685 g/mol. The van der Waals surface area contributed by atoms with E-state index in [9.17, 15) is 19.2 Å². The molecule has 0 radical (unpaired) electrons. The van der Waals surface area contributed by atoms with Crippen LogP contribution in [0, 0.1) is 0 Å². The minimum atomic E-state index is -0.484. The fourth-order valence-electron chi connectivity index (χ4n) is 3.93. The van der Waals surface area contributed by atoms with Gasteiger partial charge in [-0.1, -0.05) is 59.6 Å². The van der Waals surface area contributed by atoms with Crippen LogP contribution in [0.15, 0.2) is 118 Å². The van der Waals surface area contributed by atoms with Crippen LogP contribution in [0.3, 0.4) is 0 Å². The molecule has 10 heteroatoms. The fourth-order valence-corrected chi connectivity index (χ4v) is 4.89. The molecule has 3 N–H and O–H groups in total. The van der Waals surface area contributed by atoms with Gasteiger partial charge in [-0.15, -0.1) is 11.8 Å². The lowest BCUT2D eigenvalue weighted by Crippen LogP contribution is -2.30. The Hall–Kier alpha value is -4.67. The molecule has 0 aliphatic rings. The van der Waals surface area contributed by atoms with Crippen LogP contribution < -0.4 is 16.0 Å². The standard InChI is InChI=1S/C35H32BrN3O5S/c1-2-3-21-44-35(43)26-11-15-28(16-12-26)37-32(40)23-45-30-19-17-29(18-20-30)38-34(42)31(22-24-9-13-27(36)14-10-24)39-33(41)25-7-5-4-6-8-25/h4-20,22H,2-3,21,23H2,1H3,(H,37,40)(H,38,42)(H,39,41)/b31-22-. The maximum atomic E-state index is 13.3. The van der Waals surface area contributed by atoms with Gasteiger partial charge in [0.1, 0.15) is 5.70 Å². The van der Waals surface area contributed by atoms with E-state index in [1.165, 1.54) is 11.8 Å². The number of benzene rings is 4. The fraction of sp³-hybridized carbons (Fsp3) is 0.143. The Bertz CT molecular complexity index is 1640. The van der Waals surface area contributed by atoms with Crippen LogP contribution in [-0.2, 0) is 14.3 Å². The first-order valence-corrected chi connectivity index (χ1v) is 16.0. The third-order valence-corrected chi connectivity index (χ3v) is 7.87. The van der Waals surface area contributed by atoms with Gasteiger partial charge < -0.3 is 20.7 Å². The van der Waals surface area contributed by atoms with Crippen molar-refractivity contribution >= 4 is 68.8 Å². The smallest absolute Gasteiger partial charge is 0.338 e. The van der Waals surface area contributed by atoms with Gasteiger partial charge in [-0.3, -0.25) is 14.4 Å². The van der Waals surface area contributed by atoms with Crippen molar-refractivity contribution in [2.45, 2.75) is 24.7 Å². The zero-order chi connectivity index (χ0) is 32.0. The molecule has 4 aromatic carbocycles. The van der Waals surface area contributed by atoms with Crippen LogP contribution in [0.5, 0.6) is 0 Å². The van der Waals surface area contributed by atoms with Gasteiger partial charge in [0.15, 0.2) is 0 Å². The number of rotatable bonds is 13. The second-order valence-corrected chi connectivity index (χ2v) is 11.8. The first kappa shape index (κ1) is 33.2. The van der Waals surface area contributed by atoms with Crippen LogP contribution in [0.1, 0.15) is 46.0 Å². The second kappa shape index (κ2) is 17.0. The number of ether oxygens (including phenoxy) is 1. The van der Waals surface area contributed by atoms with Crippen molar-refractivity contribution in [3.05, 3.63) is 130 Å². The molecular weight excluding hydrogens is 654 g/mol. The van der Waals surface area contributed by atoms with E-state index in [0.717, 1.165) is 27.8 Å². The Morgan fingerprint density at radius 3 is 2.09 bits per heavy atom. The highest BCUT2D eigenvalue weighted by Crippen LogP contribution is 2.22. The van der Waals surface area contributed by atoms with Gasteiger partial charge >= 0.3 is 5.97 Å². The predicted molar refractivity (Wildman–Crippen MR) is 182 cm³/mol. The third-order valence-electron chi connectivity index (χ3n) is 6.33. The maximum Gasteiger partial charge on any atom is 0.338 e. The van der Waals surface area contributed by atoms with Crippen molar-refractivity contribution in [3.63, 3.8) is 0 Å². The van der Waals surface area contributed by atoms with Gasteiger partial charge in [-0.2, -0.15) is 0 Å². The van der Waals surface area contributed by atoms with Crippen LogP contribution in [0.25, 0.3) is 6.08 Å². The summed E-state index contributed by atoms with van der Waals surface area (Å²) < 4.78 is 6.10. The molecule has 0 saturated carbocycles. The first-order valence-electron chi connectivity index (χ1n) is 14.3. The molecule has 0 aliphatic heterocycles. The molecular formula is C35H32BrN3O5S. The number of esters is 1. The number of carbonyl (C=O) groups excluding carboxylic acids is 4. The molecule has 4 rings (SSSR count). The molecule has 3 amide bonds. The minimum absolute atomic E-state index is 0.0858. The summed E-state index contributed by atoms with van der Waals surface area (Å²) in [5.74, 6) is -1.31. The summed E-state index contributed by atoms with van der Waals surface area (Å²) in [6.07, 6.45) is 3.37. The van der Waals surface area contributed by atoms with Gasteiger partial charge in [-0.05, 0) is 90.9 Å². The molecule has 0 spiro atoms. The predicted octanol–water partition coefficient (Wildman–Crippen LogP) is 7.55. The zero-order valence-electron chi connectivity index (χ0n) is 24.5. The van der Waals surface area contributed by atoms with E-state index < -0.39 is 11.8 Å². The van der Waals surface area contributed by atoms with Gasteiger partial charge in [-0.25, -0.2) is 4.79 Å². The van der Waals surface area contributed by atoms with E-state index >= 15 is 0 Å².